The lowest BCUT2D eigenvalue weighted by molar-refractivity contribution is -0.117. The van der Waals surface area contributed by atoms with Crippen LogP contribution in [0.1, 0.15) is 11.1 Å². The fraction of sp³-hybridized carbons (Fsp3) is 0.158. The average molecular weight is 322 g/mol. The van der Waals surface area contributed by atoms with E-state index in [1.807, 2.05) is 36.4 Å². The van der Waals surface area contributed by atoms with E-state index in [0.717, 1.165) is 5.56 Å². The van der Waals surface area contributed by atoms with Crippen LogP contribution in [-0.4, -0.2) is 20.1 Å². The van der Waals surface area contributed by atoms with Gasteiger partial charge in [-0.25, -0.2) is 0 Å². The summed E-state index contributed by atoms with van der Waals surface area (Å²) < 4.78 is 10.4. The Labute approximate surface area is 141 Å². The summed E-state index contributed by atoms with van der Waals surface area (Å²) in [6, 6.07) is 16.6. The van der Waals surface area contributed by atoms with E-state index in [9.17, 15) is 10.1 Å². The third-order valence-electron chi connectivity index (χ3n) is 3.40. The van der Waals surface area contributed by atoms with E-state index in [0.29, 0.717) is 23.6 Å². The highest BCUT2D eigenvalue weighted by molar-refractivity contribution is 6.02. The van der Waals surface area contributed by atoms with Crippen molar-refractivity contribution in [2.24, 2.45) is 0 Å². The minimum atomic E-state index is -0.439. The molecule has 0 saturated heterocycles. The molecular weight excluding hydrogens is 304 g/mol. The average Bonchev–Trinajstić information content (AvgIpc) is 2.64. The molecule has 2 aromatic carbocycles. The van der Waals surface area contributed by atoms with Gasteiger partial charge in [0.05, 0.1) is 14.2 Å². The topological polar surface area (TPSA) is 71.3 Å². The van der Waals surface area contributed by atoms with Crippen LogP contribution >= 0.6 is 0 Å². The Balaban J connectivity index is 2.19. The number of carbonyl (C=O) groups is 1. The SMILES string of the molecule is COc1ccc(OC)c(/C=C(\C#N)C(=O)NCc2ccccc2)c1. The summed E-state index contributed by atoms with van der Waals surface area (Å²) in [7, 11) is 3.08. The summed E-state index contributed by atoms with van der Waals surface area (Å²) in [5, 5.41) is 12.0. The van der Waals surface area contributed by atoms with Crippen molar-refractivity contribution in [3.8, 4) is 17.6 Å². The number of amides is 1. The van der Waals surface area contributed by atoms with E-state index in [-0.39, 0.29) is 5.57 Å². The first-order valence-electron chi connectivity index (χ1n) is 7.34. The normalized spacial score (nSPS) is 10.6. The number of benzene rings is 2. The summed E-state index contributed by atoms with van der Waals surface area (Å²) >= 11 is 0. The van der Waals surface area contributed by atoms with E-state index >= 15 is 0 Å². The third kappa shape index (κ3) is 4.37. The summed E-state index contributed by atoms with van der Waals surface area (Å²) in [6.07, 6.45) is 1.49. The second kappa shape index (κ2) is 8.39. The maximum absolute atomic E-state index is 12.2. The molecule has 0 aromatic heterocycles. The molecule has 0 aliphatic carbocycles. The zero-order valence-corrected chi connectivity index (χ0v) is 13.6. The van der Waals surface area contributed by atoms with E-state index in [2.05, 4.69) is 5.32 Å². The van der Waals surface area contributed by atoms with Crippen molar-refractivity contribution in [1.82, 2.24) is 5.32 Å². The molecule has 24 heavy (non-hydrogen) atoms. The molecule has 122 valence electrons. The highest BCUT2D eigenvalue weighted by atomic mass is 16.5. The molecule has 0 saturated carbocycles. The van der Waals surface area contributed by atoms with Gasteiger partial charge in [0.25, 0.3) is 5.91 Å². The largest absolute Gasteiger partial charge is 0.497 e. The number of hydrogen-bond acceptors (Lipinski definition) is 4. The summed E-state index contributed by atoms with van der Waals surface area (Å²) in [4.78, 5) is 12.2. The molecular formula is C19H18N2O3. The maximum Gasteiger partial charge on any atom is 0.262 e. The molecule has 0 unspecified atom stereocenters. The Morgan fingerprint density at radius 2 is 1.92 bits per heavy atom. The van der Waals surface area contributed by atoms with Crippen molar-refractivity contribution in [3.63, 3.8) is 0 Å². The van der Waals surface area contributed by atoms with Gasteiger partial charge in [0.15, 0.2) is 0 Å². The first-order chi connectivity index (χ1) is 11.7. The Morgan fingerprint density at radius 3 is 2.54 bits per heavy atom. The van der Waals surface area contributed by atoms with Gasteiger partial charge in [0.2, 0.25) is 0 Å². The van der Waals surface area contributed by atoms with Gasteiger partial charge in [-0.3, -0.25) is 4.79 Å². The van der Waals surface area contributed by atoms with Crippen LogP contribution in [0.4, 0.5) is 0 Å². The van der Waals surface area contributed by atoms with E-state index < -0.39 is 5.91 Å². The van der Waals surface area contributed by atoms with Crippen LogP contribution in [0.3, 0.4) is 0 Å². The van der Waals surface area contributed by atoms with E-state index in [1.165, 1.54) is 13.2 Å². The lowest BCUT2D eigenvalue weighted by Gasteiger charge is -2.08. The Bertz CT molecular complexity index is 777. The number of nitrogens with one attached hydrogen (secondary N) is 1. The highest BCUT2D eigenvalue weighted by Gasteiger charge is 2.11. The Morgan fingerprint density at radius 1 is 1.17 bits per heavy atom. The minimum absolute atomic E-state index is 0.00233. The molecule has 0 aliphatic heterocycles. The second-order valence-electron chi connectivity index (χ2n) is 4.95. The molecule has 2 aromatic rings. The monoisotopic (exact) mass is 322 g/mol. The van der Waals surface area contributed by atoms with Gasteiger partial charge in [-0.05, 0) is 29.8 Å². The minimum Gasteiger partial charge on any atom is -0.497 e. The summed E-state index contributed by atoms with van der Waals surface area (Å²) in [6.45, 7) is 0.355. The van der Waals surface area contributed by atoms with Gasteiger partial charge in [-0.1, -0.05) is 30.3 Å². The van der Waals surface area contributed by atoms with Gasteiger partial charge in [0, 0.05) is 12.1 Å². The molecule has 0 aliphatic rings. The molecule has 0 atom stereocenters. The van der Waals surface area contributed by atoms with Crippen molar-refractivity contribution in [3.05, 3.63) is 65.2 Å². The van der Waals surface area contributed by atoms with Crippen LogP contribution in [0.5, 0.6) is 11.5 Å². The van der Waals surface area contributed by atoms with Crippen molar-refractivity contribution < 1.29 is 14.3 Å². The zero-order valence-electron chi connectivity index (χ0n) is 13.6. The van der Waals surface area contributed by atoms with Crippen LogP contribution < -0.4 is 14.8 Å². The molecule has 0 fully saturated rings. The molecule has 1 N–H and O–H groups in total. The van der Waals surface area contributed by atoms with Crippen LogP contribution in [0.2, 0.25) is 0 Å². The molecule has 2 rings (SSSR count). The van der Waals surface area contributed by atoms with Gasteiger partial charge in [-0.2, -0.15) is 5.26 Å². The fourth-order valence-corrected chi connectivity index (χ4v) is 2.13. The molecule has 0 heterocycles. The Hall–Kier alpha value is -3.26. The number of ether oxygens (including phenoxy) is 2. The second-order valence-corrected chi connectivity index (χ2v) is 4.95. The number of nitriles is 1. The number of hydrogen-bond donors (Lipinski definition) is 1. The van der Waals surface area contributed by atoms with E-state index in [1.54, 1.807) is 25.3 Å². The van der Waals surface area contributed by atoms with Gasteiger partial charge < -0.3 is 14.8 Å². The molecule has 0 bridgehead atoms. The van der Waals surface area contributed by atoms with Gasteiger partial charge >= 0.3 is 0 Å². The number of carbonyl (C=O) groups excluding carboxylic acids is 1. The van der Waals surface area contributed by atoms with Crippen molar-refractivity contribution >= 4 is 12.0 Å². The number of methoxy groups -OCH3 is 2. The smallest absolute Gasteiger partial charge is 0.262 e. The predicted octanol–water partition coefficient (Wildman–Crippen LogP) is 2.93. The zero-order chi connectivity index (χ0) is 17.4. The first kappa shape index (κ1) is 17.1. The molecule has 1 amide bonds. The van der Waals surface area contributed by atoms with Crippen molar-refractivity contribution in [1.29, 1.82) is 5.26 Å². The molecule has 5 heteroatoms. The Kier molecular flexibility index (Phi) is 5.98. The van der Waals surface area contributed by atoms with Gasteiger partial charge in [0.1, 0.15) is 23.1 Å². The molecule has 0 spiro atoms. The maximum atomic E-state index is 12.2. The number of rotatable bonds is 6. The van der Waals surface area contributed by atoms with Crippen molar-refractivity contribution in [2.45, 2.75) is 6.54 Å². The lowest BCUT2D eigenvalue weighted by Crippen LogP contribution is -2.23. The van der Waals surface area contributed by atoms with Crippen LogP contribution in [0.25, 0.3) is 6.08 Å². The van der Waals surface area contributed by atoms with Gasteiger partial charge in [-0.15, -0.1) is 0 Å². The highest BCUT2D eigenvalue weighted by Crippen LogP contribution is 2.26. The molecule has 0 radical (unpaired) electrons. The quantitative estimate of drug-likeness (QED) is 0.655. The predicted molar refractivity (Wildman–Crippen MR) is 91.4 cm³/mol. The molecule has 5 nitrogen and oxygen atoms in total. The van der Waals surface area contributed by atoms with Crippen LogP contribution in [0.15, 0.2) is 54.1 Å². The summed E-state index contributed by atoms with van der Waals surface area (Å²) in [5.41, 5.74) is 1.56. The van der Waals surface area contributed by atoms with Crippen LogP contribution in [-0.2, 0) is 11.3 Å². The fourth-order valence-electron chi connectivity index (χ4n) is 2.13. The summed E-state index contributed by atoms with van der Waals surface area (Å²) in [5.74, 6) is 0.731. The van der Waals surface area contributed by atoms with Crippen LogP contribution in [0, 0.1) is 11.3 Å². The lowest BCUT2D eigenvalue weighted by atomic mass is 10.1. The number of nitrogens with zero attached hydrogens (tertiary/aromatic N) is 1. The van der Waals surface area contributed by atoms with Crippen molar-refractivity contribution in [2.75, 3.05) is 14.2 Å². The third-order valence-corrected chi connectivity index (χ3v) is 3.40. The first-order valence-corrected chi connectivity index (χ1v) is 7.34. The standard InChI is InChI=1S/C19H18N2O3/c1-23-17-8-9-18(24-2)15(11-17)10-16(12-20)19(22)21-13-14-6-4-3-5-7-14/h3-11H,13H2,1-2H3,(H,21,22)/b16-10+. The van der Waals surface area contributed by atoms with E-state index in [4.69, 9.17) is 9.47 Å².